The lowest BCUT2D eigenvalue weighted by Crippen LogP contribution is -2.31. The Bertz CT molecular complexity index is 1010. The highest BCUT2D eigenvalue weighted by Crippen LogP contribution is 2.45. The Balaban J connectivity index is 2.44. The maximum absolute atomic E-state index is 11.7. The van der Waals surface area contributed by atoms with Gasteiger partial charge in [-0.15, -0.1) is 0 Å². The van der Waals surface area contributed by atoms with Crippen LogP contribution in [0, 0.1) is 10.8 Å². The van der Waals surface area contributed by atoms with Crippen LogP contribution >= 0.6 is 0 Å². The smallest absolute Gasteiger partial charge is 0.171 e. The molecule has 0 saturated carbocycles. The van der Waals surface area contributed by atoms with Crippen LogP contribution in [-0.2, 0) is 15.3 Å². The Kier molecular flexibility index (Phi) is 10.7. The highest BCUT2D eigenvalue weighted by molar-refractivity contribution is 6.48. The van der Waals surface area contributed by atoms with E-state index in [0.29, 0.717) is 0 Å². The van der Waals surface area contributed by atoms with Crippen LogP contribution in [-0.4, -0.2) is 30.4 Å². The van der Waals surface area contributed by atoms with Crippen molar-refractivity contribution in [3.05, 3.63) is 64.7 Å². The van der Waals surface area contributed by atoms with Crippen molar-refractivity contribution < 1.29 is 13.6 Å². The number of hydrogen-bond donors (Lipinski definition) is 1. The van der Waals surface area contributed by atoms with Crippen molar-refractivity contribution in [1.29, 1.82) is 0 Å². The summed E-state index contributed by atoms with van der Waals surface area (Å²) in [6, 6.07) is 14.6. The molecule has 0 radical (unpaired) electrons. The molecule has 0 aliphatic carbocycles. The van der Waals surface area contributed by atoms with Crippen LogP contribution in [0.2, 0.25) is 26.2 Å². The minimum Gasteiger partial charge on any atom is -0.413 e. The van der Waals surface area contributed by atoms with E-state index in [1.54, 1.807) is 6.92 Å². The van der Waals surface area contributed by atoms with E-state index in [1.807, 2.05) is 24.3 Å². The monoisotopic (exact) mass is 527 g/mol. The number of ketones is 1. The third kappa shape index (κ3) is 8.98. The van der Waals surface area contributed by atoms with Crippen molar-refractivity contribution in [3.63, 3.8) is 0 Å². The lowest BCUT2D eigenvalue weighted by Gasteiger charge is -2.39. The van der Waals surface area contributed by atoms with E-state index >= 15 is 0 Å². The molecule has 36 heavy (non-hydrogen) atoms. The minimum atomic E-state index is -1.28. The molecule has 200 valence electrons. The molecule has 0 bridgehead atoms. The van der Waals surface area contributed by atoms with Crippen molar-refractivity contribution >= 4 is 29.6 Å². The van der Waals surface area contributed by atoms with Crippen molar-refractivity contribution in [1.82, 2.24) is 0 Å². The Morgan fingerprint density at radius 1 is 0.833 bits per heavy atom. The molecule has 0 amide bonds. The van der Waals surface area contributed by atoms with Crippen LogP contribution in [0.3, 0.4) is 0 Å². The molecule has 4 nitrogen and oxygen atoms in total. The van der Waals surface area contributed by atoms with Crippen molar-refractivity contribution in [2.75, 3.05) is 11.9 Å². The van der Waals surface area contributed by atoms with Crippen molar-refractivity contribution in [2.24, 2.45) is 10.8 Å². The predicted octanol–water partition coefficient (Wildman–Crippen LogP) is 7.72. The molecule has 2 aromatic carbocycles. The number of carbonyl (C=O) groups is 1. The number of carbonyl (C=O) groups excluding carboxylic acids is 1. The van der Waals surface area contributed by atoms with Gasteiger partial charge < -0.3 is 14.2 Å². The van der Waals surface area contributed by atoms with Crippen LogP contribution in [0.4, 0.5) is 5.69 Å². The average molecular weight is 528 g/mol. The van der Waals surface area contributed by atoms with Gasteiger partial charge in [-0.25, -0.2) is 0 Å². The molecule has 2 rings (SSSR count). The summed E-state index contributed by atoms with van der Waals surface area (Å²) in [7, 11) is -2.55. The number of benzene rings is 2. The van der Waals surface area contributed by atoms with Crippen LogP contribution in [0.1, 0.15) is 87.7 Å². The zero-order valence-electron chi connectivity index (χ0n) is 24.5. The van der Waals surface area contributed by atoms with Gasteiger partial charge in [0.05, 0.1) is 12.2 Å². The fourth-order valence-corrected chi connectivity index (χ4v) is 6.68. The second-order valence-corrected chi connectivity index (χ2v) is 17.4. The van der Waals surface area contributed by atoms with Crippen molar-refractivity contribution in [2.45, 2.75) is 93.3 Å². The zero-order valence-corrected chi connectivity index (χ0v) is 26.8. The number of nitrogens with one attached hydrogen (secondary N) is 1. The number of anilines is 1. The first-order valence-corrected chi connectivity index (χ1v) is 18.9. The maximum Gasteiger partial charge on any atom is 0.171 e. The van der Waals surface area contributed by atoms with Gasteiger partial charge in [-0.2, -0.15) is 0 Å². The summed E-state index contributed by atoms with van der Waals surface area (Å²) in [6.45, 7) is 25.0. The van der Waals surface area contributed by atoms with Gasteiger partial charge in [0, 0.05) is 17.8 Å². The molecule has 0 aromatic heterocycles. The normalized spacial score (nSPS) is 14.2. The van der Waals surface area contributed by atoms with Crippen molar-refractivity contribution in [3.8, 4) is 0 Å². The largest absolute Gasteiger partial charge is 0.413 e. The van der Waals surface area contributed by atoms with Crippen LogP contribution in [0.5, 0.6) is 0 Å². The van der Waals surface area contributed by atoms with E-state index in [9.17, 15) is 4.79 Å². The molecule has 0 fully saturated rings. The summed E-state index contributed by atoms with van der Waals surface area (Å²) >= 11 is 0. The first-order valence-electron chi connectivity index (χ1n) is 13.4. The van der Waals surface area contributed by atoms with Gasteiger partial charge in [0.25, 0.3) is 0 Å². The van der Waals surface area contributed by atoms with E-state index in [0.717, 1.165) is 24.2 Å². The zero-order chi connectivity index (χ0) is 27.3. The molecular weight excluding hydrogens is 479 g/mol. The number of rotatable bonds is 11. The maximum atomic E-state index is 11.7. The van der Waals surface area contributed by atoms with E-state index < -0.39 is 18.1 Å². The summed E-state index contributed by atoms with van der Waals surface area (Å²) in [5.41, 5.74) is 5.48. The fourth-order valence-electron chi connectivity index (χ4n) is 4.48. The van der Waals surface area contributed by atoms with E-state index in [-0.39, 0.29) is 28.8 Å². The summed E-state index contributed by atoms with van der Waals surface area (Å²) in [5.74, 6) is 0.0842. The topological polar surface area (TPSA) is 47.6 Å². The lowest BCUT2D eigenvalue weighted by atomic mass is 9.77. The fraction of sp³-hybridized carbons (Fsp3) is 0.567. The quantitative estimate of drug-likeness (QED) is 0.240. The second-order valence-electron chi connectivity index (χ2n) is 12.6. The molecule has 0 aliphatic heterocycles. The third-order valence-corrected chi connectivity index (χ3v) is 7.75. The molecule has 2 unspecified atom stereocenters. The summed E-state index contributed by atoms with van der Waals surface area (Å²) in [6.07, 6.45) is 0.928. The molecule has 0 aliphatic rings. The van der Waals surface area contributed by atoms with Gasteiger partial charge in [0.1, 0.15) is 0 Å². The Hall–Kier alpha value is -1.74. The summed E-state index contributed by atoms with van der Waals surface area (Å²) in [4.78, 5) is 11.7. The predicted molar refractivity (Wildman–Crippen MR) is 159 cm³/mol. The number of hydrogen-bond acceptors (Lipinski definition) is 4. The molecule has 0 saturated heterocycles. The van der Waals surface area contributed by atoms with Gasteiger partial charge in [-0.1, -0.05) is 71.9 Å². The first-order chi connectivity index (χ1) is 16.6. The lowest BCUT2D eigenvalue weighted by molar-refractivity contribution is 0.0655. The molecule has 0 spiro atoms. The highest BCUT2D eigenvalue weighted by Gasteiger charge is 2.35. The van der Waals surface area contributed by atoms with E-state index in [1.165, 1.54) is 16.7 Å². The number of Topliss-reactive ketones (excluding diaryl/α,β-unsaturated/α-hetero) is 1. The van der Waals surface area contributed by atoms with Gasteiger partial charge >= 0.3 is 0 Å². The Morgan fingerprint density at radius 3 is 1.89 bits per heavy atom. The summed E-state index contributed by atoms with van der Waals surface area (Å²) in [5, 5.41) is 3.49. The van der Waals surface area contributed by atoms with Crippen LogP contribution < -0.4 is 5.32 Å². The van der Waals surface area contributed by atoms with Gasteiger partial charge in [0.15, 0.2) is 23.9 Å². The SMILES string of the molecule is CC(=O)c1cccc(NCCc2ccc(C(O[SiH](C)C)C(C)(C)C)c(C(O[SiH](C)C)C(C)(C)C)c2)c1. The molecule has 1 N–H and O–H groups in total. The molecule has 2 aromatic rings. The molecular formula is C30H49NO3Si2. The Morgan fingerprint density at radius 2 is 1.39 bits per heavy atom. The first kappa shape index (κ1) is 30.5. The van der Waals surface area contributed by atoms with E-state index in [4.69, 9.17) is 8.85 Å². The average Bonchev–Trinajstić information content (AvgIpc) is 2.74. The standard InChI is InChI=1S/C30H49NO3Si2/c1-21(32)23-13-12-14-24(20-23)31-18-17-22-15-16-25(27(29(2,3)4)33-35(8)9)26(19-22)28(30(5,6)7)34-36(10)11/h12-16,19-20,27-28,31,35-36H,17-18H2,1-11H3. The minimum absolute atomic E-state index is 0.0154. The van der Waals surface area contributed by atoms with Crippen LogP contribution in [0.25, 0.3) is 0 Å². The molecule has 2 atom stereocenters. The van der Waals surface area contributed by atoms with Gasteiger partial charge in [-0.3, -0.25) is 4.79 Å². The van der Waals surface area contributed by atoms with Gasteiger partial charge in [-0.05, 0) is 79.2 Å². The highest BCUT2D eigenvalue weighted by atomic mass is 28.3. The molecule has 6 heteroatoms. The Labute approximate surface area is 223 Å². The summed E-state index contributed by atoms with van der Waals surface area (Å²) < 4.78 is 13.4. The van der Waals surface area contributed by atoms with Crippen LogP contribution in [0.15, 0.2) is 42.5 Å². The third-order valence-electron chi connectivity index (χ3n) is 6.12. The van der Waals surface area contributed by atoms with E-state index in [2.05, 4.69) is 91.2 Å². The second kappa shape index (κ2) is 12.7. The molecule has 0 heterocycles. The van der Waals surface area contributed by atoms with Gasteiger partial charge in [0.2, 0.25) is 0 Å².